The Kier molecular flexibility index (Phi) is 6.34. The van der Waals surface area contributed by atoms with Crippen LogP contribution in [0.15, 0.2) is 35.1 Å². The number of H-pyrrole nitrogens is 1. The summed E-state index contributed by atoms with van der Waals surface area (Å²) in [7, 11) is 0. The van der Waals surface area contributed by atoms with Crippen molar-refractivity contribution in [1.29, 1.82) is 5.26 Å². The van der Waals surface area contributed by atoms with Crippen molar-refractivity contribution in [2.24, 2.45) is 0 Å². The maximum atomic E-state index is 12.0. The van der Waals surface area contributed by atoms with Crippen molar-refractivity contribution in [3.05, 3.63) is 57.5 Å². The van der Waals surface area contributed by atoms with Gasteiger partial charge in [-0.2, -0.15) is 5.26 Å². The van der Waals surface area contributed by atoms with Gasteiger partial charge >= 0.3 is 0 Å². The average Bonchev–Trinajstić information content (AvgIpc) is 2.58. The number of pyridine rings is 1. The summed E-state index contributed by atoms with van der Waals surface area (Å²) in [5, 5.41) is 9.32. The van der Waals surface area contributed by atoms with Gasteiger partial charge in [0.1, 0.15) is 11.6 Å². The largest absolute Gasteiger partial charge is 0.325 e. The van der Waals surface area contributed by atoms with Crippen molar-refractivity contribution in [3.63, 3.8) is 0 Å². The van der Waals surface area contributed by atoms with Crippen LogP contribution in [0.5, 0.6) is 0 Å². The maximum Gasteiger partial charge on any atom is 0.266 e. The van der Waals surface area contributed by atoms with Crippen LogP contribution in [0.3, 0.4) is 0 Å². The molecule has 0 aliphatic heterocycles. The van der Waals surface area contributed by atoms with Gasteiger partial charge in [0.25, 0.3) is 5.56 Å². The van der Waals surface area contributed by atoms with E-state index in [0.29, 0.717) is 5.56 Å². The number of aryl methyl sites for hydroxylation is 1. The Morgan fingerprint density at radius 1 is 1.25 bits per heavy atom. The van der Waals surface area contributed by atoms with Crippen LogP contribution in [-0.4, -0.2) is 23.0 Å². The van der Waals surface area contributed by atoms with Crippen LogP contribution >= 0.6 is 0 Å². The topological polar surface area (TPSA) is 59.9 Å². The maximum absolute atomic E-state index is 12.0. The van der Waals surface area contributed by atoms with Crippen molar-refractivity contribution in [2.75, 3.05) is 13.1 Å². The van der Waals surface area contributed by atoms with Crippen molar-refractivity contribution in [1.82, 2.24) is 9.88 Å². The first-order valence-corrected chi connectivity index (χ1v) is 8.54. The summed E-state index contributed by atoms with van der Waals surface area (Å²) < 4.78 is 0. The van der Waals surface area contributed by atoms with E-state index in [1.54, 1.807) is 0 Å². The second kappa shape index (κ2) is 8.47. The number of benzene rings is 1. The first kappa shape index (κ1) is 18.0. The van der Waals surface area contributed by atoms with Crippen molar-refractivity contribution >= 4 is 0 Å². The summed E-state index contributed by atoms with van der Waals surface area (Å²) in [5.41, 5.74) is 3.44. The number of unbranched alkanes of at least 4 members (excludes halogenated alkanes) is 1. The molecule has 2 rings (SSSR count). The van der Waals surface area contributed by atoms with Crippen molar-refractivity contribution in [2.45, 2.75) is 40.2 Å². The quantitative estimate of drug-likeness (QED) is 0.842. The number of nitrogens with one attached hydrogen (secondary N) is 1. The molecule has 1 aromatic carbocycles. The highest BCUT2D eigenvalue weighted by Gasteiger charge is 2.11. The first-order chi connectivity index (χ1) is 11.6. The summed E-state index contributed by atoms with van der Waals surface area (Å²) in [4.78, 5) is 17.1. The van der Waals surface area contributed by atoms with E-state index in [2.05, 4.69) is 35.9 Å². The lowest BCUT2D eigenvalue weighted by Crippen LogP contribution is -2.23. The Labute approximate surface area is 143 Å². The van der Waals surface area contributed by atoms with E-state index in [4.69, 9.17) is 0 Å². The highest BCUT2D eigenvalue weighted by molar-refractivity contribution is 5.70. The lowest BCUT2D eigenvalue weighted by atomic mass is 9.99. The fourth-order valence-corrected chi connectivity index (χ4v) is 2.85. The molecule has 0 bridgehead atoms. The summed E-state index contributed by atoms with van der Waals surface area (Å²) in [6, 6.07) is 12.0. The van der Waals surface area contributed by atoms with Gasteiger partial charge in [-0.15, -0.1) is 0 Å². The molecule has 0 saturated carbocycles. The minimum Gasteiger partial charge on any atom is -0.325 e. The van der Waals surface area contributed by atoms with Gasteiger partial charge in [-0.1, -0.05) is 38.5 Å². The van der Waals surface area contributed by atoms with Crippen LogP contribution in [0, 0.1) is 18.3 Å². The fourth-order valence-electron chi connectivity index (χ4n) is 2.85. The van der Waals surface area contributed by atoms with Gasteiger partial charge in [-0.05, 0) is 49.7 Å². The third-order valence-corrected chi connectivity index (χ3v) is 4.20. The average molecular weight is 323 g/mol. The minimum atomic E-state index is -0.323. The van der Waals surface area contributed by atoms with Gasteiger partial charge in [-0.3, -0.25) is 9.69 Å². The third-order valence-electron chi connectivity index (χ3n) is 4.20. The van der Waals surface area contributed by atoms with E-state index in [0.717, 1.165) is 30.9 Å². The lowest BCUT2D eigenvalue weighted by Gasteiger charge is -2.20. The summed E-state index contributed by atoms with van der Waals surface area (Å²) in [6.07, 6.45) is 2.38. The molecular formula is C20H25N3O. The summed E-state index contributed by atoms with van der Waals surface area (Å²) in [6.45, 7) is 9.19. The zero-order valence-electron chi connectivity index (χ0n) is 14.7. The van der Waals surface area contributed by atoms with Crippen LogP contribution in [0.4, 0.5) is 0 Å². The third kappa shape index (κ3) is 4.33. The normalized spacial score (nSPS) is 10.8. The second-order valence-corrected chi connectivity index (χ2v) is 6.10. The molecule has 1 N–H and O–H groups in total. The Bertz CT molecular complexity index is 786. The lowest BCUT2D eigenvalue weighted by molar-refractivity contribution is 0.275. The molecule has 24 heavy (non-hydrogen) atoms. The number of hydrogen-bond acceptors (Lipinski definition) is 3. The van der Waals surface area contributed by atoms with Crippen LogP contribution < -0.4 is 5.56 Å². The van der Waals surface area contributed by atoms with Crippen molar-refractivity contribution in [3.8, 4) is 17.2 Å². The van der Waals surface area contributed by atoms with Gasteiger partial charge in [0, 0.05) is 17.8 Å². The second-order valence-electron chi connectivity index (χ2n) is 6.10. The summed E-state index contributed by atoms with van der Waals surface area (Å²) >= 11 is 0. The Hall–Kier alpha value is -2.38. The van der Waals surface area contributed by atoms with E-state index in [1.165, 1.54) is 18.4 Å². The zero-order chi connectivity index (χ0) is 17.5. The molecule has 0 atom stereocenters. The molecule has 1 aromatic heterocycles. The molecular weight excluding hydrogens is 298 g/mol. The first-order valence-electron chi connectivity index (χ1n) is 8.54. The number of aromatic nitrogens is 1. The van der Waals surface area contributed by atoms with E-state index in [-0.39, 0.29) is 11.1 Å². The fraction of sp³-hybridized carbons (Fsp3) is 0.400. The molecule has 0 amide bonds. The molecule has 1 heterocycles. The molecule has 0 radical (unpaired) electrons. The predicted molar refractivity (Wildman–Crippen MR) is 97.8 cm³/mol. The zero-order valence-corrected chi connectivity index (χ0v) is 14.7. The molecule has 4 heteroatoms. The van der Waals surface area contributed by atoms with Crippen LogP contribution in [0.1, 0.15) is 43.5 Å². The Morgan fingerprint density at radius 2 is 2.04 bits per heavy atom. The number of rotatable bonds is 7. The monoisotopic (exact) mass is 323 g/mol. The van der Waals surface area contributed by atoms with Gasteiger partial charge in [0.05, 0.1) is 0 Å². The van der Waals surface area contributed by atoms with Gasteiger partial charge < -0.3 is 4.98 Å². The highest BCUT2D eigenvalue weighted by atomic mass is 16.1. The molecule has 0 aliphatic rings. The Balaban J connectivity index is 2.35. The molecule has 0 unspecified atom stereocenters. The molecule has 0 spiro atoms. The van der Waals surface area contributed by atoms with Gasteiger partial charge in [0.2, 0.25) is 0 Å². The number of nitrogens with zero attached hydrogens (tertiary/aromatic N) is 2. The van der Waals surface area contributed by atoms with E-state index in [9.17, 15) is 10.1 Å². The SMILES string of the molecule is CCCCN(CC)Cc1cccc(-c2cc(C)[nH]c(=O)c2C#N)c1. The smallest absolute Gasteiger partial charge is 0.266 e. The highest BCUT2D eigenvalue weighted by Crippen LogP contribution is 2.23. The van der Waals surface area contributed by atoms with E-state index < -0.39 is 0 Å². The molecule has 0 aliphatic carbocycles. The molecule has 4 nitrogen and oxygen atoms in total. The van der Waals surface area contributed by atoms with E-state index >= 15 is 0 Å². The predicted octanol–water partition coefficient (Wildman–Crippen LogP) is 3.84. The Morgan fingerprint density at radius 3 is 2.71 bits per heavy atom. The molecule has 126 valence electrons. The standard InChI is InChI=1S/C20H25N3O/c1-4-6-10-23(5-2)14-16-8-7-9-17(12-16)18-11-15(3)22-20(24)19(18)13-21/h7-9,11-12H,4-6,10,14H2,1-3H3,(H,22,24). The van der Waals surface area contributed by atoms with Crippen molar-refractivity contribution < 1.29 is 0 Å². The van der Waals surface area contributed by atoms with Gasteiger partial charge in [0.15, 0.2) is 0 Å². The summed E-state index contributed by atoms with van der Waals surface area (Å²) in [5.74, 6) is 0. The molecule has 0 saturated heterocycles. The van der Waals surface area contributed by atoms with Crippen LogP contribution in [0.25, 0.3) is 11.1 Å². The molecule has 2 aromatic rings. The minimum absolute atomic E-state index is 0.177. The number of aromatic amines is 1. The van der Waals surface area contributed by atoms with Crippen LogP contribution in [-0.2, 0) is 6.54 Å². The van der Waals surface area contributed by atoms with Gasteiger partial charge in [-0.25, -0.2) is 0 Å². The van der Waals surface area contributed by atoms with E-state index in [1.807, 2.05) is 31.2 Å². The molecule has 0 fully saturated rings. The number of hydrogen-bond donors (Lipinski definition) is 1. The van der Waals surface area contributed by atoms with Crippen LogP contribution in [0.2, 0.25) is 0 Å². The number of nitriles is 1.